The standard InChI is InChI=1S/C6H9N3O3/c7-2-9-4-5(11)3(10)1-8-6(4)12/h3-5,9-11H,1H2,(H,8,12)/t3-,4-,5+/m0/s1. The third-order valence-electron chi connectivity index (χ3n) is 1.72. The number of rotatable bonds is 1. The fraction of sp³-hybridized carbons (Fsp3) is 0.667. The van der Waals surface area contributed by atoms with Crippen molar-refractivity contribution >= 4 is 5.91 Å². The maximum Gasteiger partial charge on any atom is 0.246 e. The fourth-order valence-electron chi connectivity index (χ4n) is 1.03. The third kappa shape index (κ3) is 1.47. The van der Waals surface area contributed by atoms with E-state index in [1.807, 2.05) is 0 Å². The van der Waals surface area contributed by atoms with E-state index in [0.717, 1.165) is 0 Å². The highest BCUT2D eigenvalue weighted by Gasteiger charge is 2.36. The SMILES string of the molecule is N#CN[C@@H]1C(=O)NC[C@H](O)[C@H]1O. The second-order valence-electron chi connectivity index (χ2n) is 2.54. The highest BCUT2D eigenvalue weighted by atomic mass is 16.3. The number of carbonyl (C=O) groups excluding carboxylic acids is 1. The van der Waals surface area contributed by atoms with Crippen molar-refractivity contribution in [1.82, 2.24) is 10.6 Å². The van der Waals surface area contributed by atoms with E-state index >= 15 is 0 Å². The Morgan fingerprint density at radius 2 is 2.33 bits per heavy atom. The van der Waals surface area contributed by atoms with Crippen molar-refractivity contribution in [3.63, 3.8) is 0 Å². The minimum atomic E-state index is -1.22. The van der Waals surface area contributed by atoms with Crippen LogP contribution in [-0.2, 0) is 4.79 Å². The van der Waals surface area contributed by atoms with Gasteiger partial charge in [0.15, 0.2) is 6.19 Å². The first kappa shape index (κ1) is 8.77. The number of aliphatic hydroxyl groups is 2. The molecule has 0 aromatic carbocycles. The first-order valence-electron chi connectivity index (χ1n) is 3.45. The number of hydrogen-bond acceptors (Lipinski definition) is 5. The number of piperidine rings is 1. The van der Waals surface area contributed by atoms with Gasteiger partial charge in [-0.15, -0.1) is 0 Å². The molecule has 1 aliphatic rings. The predicted molar refractivity (Wildman–Crippen MR) is 37.6 cm³/mol. The van der Waals surface area contributed by atoms with E-state index < -0.39 is 24.2 Å². The molecule has 1 heterocycles. The first-order chi connectivity index (χ1) is 5.66. The van der Waals surface area contributed by atoms with Gasteiger partial charge in [-0.2, -0.15) is 5.26 Å². The maximum atomic E-state index is 10.9. The lowest BCUT2D eigenvalue weighted by molar-refractivity contribution is -0.133. The average molecular weight is 171 g/mol. The number of aliphatic hydroxyl groups excluding tert-OH is 2. The highest BCUT2D eigenvalue weighted by Crippen LogP contribution is 2.04. The molecule has 0 bridgehead atoms. The molecule has 0 aliphatic carbocycles. The van der Waals surface area contributed by atoms with Crippen LogP contribution in [0.25, 0.3) is 0 Å². The zero-order valence-electron chi connectivity index (χ0n) is 6.19. The van der Waals surface area contributed by atoms with Gasteiger partial charge in [-0.1, -0.05) is 0 Å². The van der Waals surface area contributed by atoms with Crippen LogP contribution < -0.4 is 10.6 Å². The molecule has 3 atom stereocenters. The molecule has 0 spiro atoms. The van der Waals surface area contributed by atoms with Gasteiger partial charge in [0.05, 0.1) is 6.10 Å². The number of nitrogens with zero attached hydrogens (tertiary/aromatic N) is 1. The number of β-amino-alcohol motifs (C(OH)–C–C–N with tert-alkyl or cyclic N) is 1. The summed E-state index contributed by atoms with van der Waals surface area (Å²) in [7, 11) is 0. The van der Waals surface area contributed by atoms with Crippen molar-refractivity contribution in [2.75, 3.05) is 6.54 Å². The zero-order chi connectivity index (χ0) is 9.14. The molecule has 1 fully saturated rings. The van der Waals surface area contributed by atoms with Crippen molar-refractivity contribution in [2.45, 2.75) is 18.2 Å². The normalized spacial score (nSPS) is 35.1. The second kappa shape index (κ2) is 3.38. The molecule has 4 N–H and O–H groups in total. The summed E-state index contributed by atoms with van der Waals surface area (Å²) < 4.78 is 0. The van der Waals surface area contributed by atoms with Crippen LogP contribution in [-0.4, -0.2) is 40.9 Å². The van der Waals surface area contributed by atoms with E-state index in [0.29, 0.717) is 0 Å². The van der Waals surface area contributed by atoms with Crippen LogP contribution in [0.5, 0.6) is 0 Å². The Morgan fingerprint density at radius 1 is 1.67 bits per heavy atom. The Balaban J connectivity index is 2.66. The number of carbonyl (C=O) groups is 1. The van der Waals surface area contributed by atoms with Crippen molar-refractivity contribution in [1.29, 1.82) is 5.26 Å². The van der Waals surface area contributed by atoms with Crippen molar-refractivity contribution in [3.8, 4) is 6.19 Å². The molecular formula is C6H9N3O3. The Kier molecular flexibility index (Phi) is 2.47. The highest BCUT2D eigenvalue weighted by molar-refractivity contribution is 5.83. The van der Waals surface area contributed by atoms with Gasteiger partial charge in [0.2, 0.25) is 5.91 Å². The number of nitrogens with one attached hydrogen (secondary N) is 2. The second-order valence-corrected chi connectivity index (χ2v) is 2.54. The molecular weight excluding hydrogens is 162 g/mol. The van der Waals surface area contributed by atoms with Crippen molar-refractivity contribution in [3.05, 3.63) is 0 Å². The molecule has 0 radical (unpaired) electrons. The van der Waals surface area contributed by atoms with Crippen LogP contribution in [0.2, 0.25) is 0 Å². The third-order valence-corrected chi connectivity index (χ3v) is 1.72. The summed E-state index contributed by atoms with van der Waals surface area (Å²) in [6.07, 6.45) is -0.707. The molecule has 66 valence electrons. The van der Waals surface area contributed by atoms with Gasteiger partial charge in [-0.3, -0.25) is 4.79 Å². The molecule has 1 amide bonds. The number of nitriles is 1. The average Bonchev–Trinajstić information content (AvgIpc) is 2.06. The van der Waals surface area contributed by atoms with Gasteiger partial charge in [0, 0.05) is 6.54 Å². The quantitative estimate of drug-likeness (QED) is 0.253. The van der Waals surface area contributed by atoms with Crippen LogP contribution in [0.1, 0.15) is 0 Å². The number of hydrogen-bond donors (Lipinski definition) is 4. The minimum absolute atomic E-state index is 0.0175. The van der Waals surface area contributed by atoms with E-state index in [4.69, 9.17) is 10.4 Å². The summed E-state index contributed by atoms with van der Waals surface area (Å²) in [6.45, 7) is 0.0175. The Bertz CT molecular complexity index is 225. The maximum absolute atomic E-state index is 10.9. The molecule has 1 saturated heterocycles. The molecule has 12 heavy (non-hydrogen) atoms. The lowest BCUT2D eigenvalue weighted by Crippen LogP contribution is -2.61. The molecule has 0 unspecified atom stereocenters. The van der Waals surface area contributed by atoms with Gasteiger partial charge in [0.1, 0.15) is 12.1 Å². The monoisotopic (exact) mass is 171 g/mol. The molecule has 0 aromatic heterocycles. The molecule has 6 heteroatoms. The zero-order valence-corrected chi connectivity index (χ0v) is 6.19. The molecule has 0 saturated carbocycles. The van der Waals surface area contributed by atoms with Gasteiger partial charge >= 0.3 is 0 Å². The van der Waals surface area contributed by atoms with Crippen LogP contribution in [0, 0.1) is 11.5 Å². The Morgan fingerprint density at radius 3 is 2.92 bits per heavy atom. The number of amides is 1. The molecule has 6 nitrogen and oxygen atoms in total. The van der Waals surface area contributed by atoms with E-state index in [1.54, 1.807) is 0 Å². The molecule has 1 rings (SSSR count). The summed E-state index contributed by atoms with van der Waals surface area (Å²) >= 11 is 0. The minimum Gasteiger partial charge on any atom is -0.388 e. The van der Waals surface area contributed by atoms with Crippen molar-refractivity contribution in [2.24, 2.45) is 0 Å². The summed E-state index contributed by atoms with van der Waals surface area (Å²) in [6, 6.07) is -1.04. The van der Waals surface area contributed by atoms with E-state index in [1.165, 1.54) is 6.19 Å². The summed E-state index contributed by atoms with van der Waals surface area (Å²) in [5, 5.41) is 30.9. The molecule has 0 aromatic rings. The topological polar surface area (TPSA) is 105 Å². The van der Waals surface area contributed by atoms with E-state index in [9.17, 15) is 9.90 Å². The summed E-state index contributed by atoms with van der Waals surface area (Å²) in [5.74, 6) is -0.477. The van der Waals surface area contributed by atoms with Gasteiger partial charge in [0.25, 0.3) is 0 Å². The van der Waals surface area contributed by atoms with Crippen LogP contribution in [0.4, 0.5) is 0 Å². The lowest BCUT2D eigenvalue weighted by Gasteiger charge is -2.30. The van der Waals surface area contributed by atoms with E-state index in [-0.39, 0.29) is 6.54 Å². The predicted octanol–water partition coefficient (Wildman–Crippen LogP) is -2.72. The van der Waals surface area contributed by atoms with Gasteiger partial charge in [-0.25, -0.2) is 0 Å². The largest absolute Gasteiger partial charge is 0.388 e. The first-order valence-corrected chi connectivity index (χ1v) is 3.45. The Labute approximate surface area is 68.8 Å². The smallest absolute Gasteiger partial charge is 0.246 e. The summed E-state index contributed by atoms with van der Waals surface area (Å²) in [4.78, 5) is 10.9. The van der Waals surface area contributed by atoms with Crippen LogP contribution in [0.15, 0.2) is 0 Å². The van der Waals surface area contributed by atoms with Crippen LogP contribution >= 0.6 is 0 Å². The van der Waals surface area contributed by atoms with Gasteiger partial charge < -0.3 is 20.8 Å². The van der Waals surface area contributed by atoms with Crippen LogP contribution in [0.3, 0.4) is 0 Å². The fourth-order valence-corrected chi connectivity index (χ4v) is 1.03. The Hall–Kier alpha value is -1.32. The van der Waals surface area contributed by atoms with Gasteiger partial charge in [-0.05, 0) is 0 Å². The van der Waals surface area contributed by atoms with E-state index in [2.05, 4.69) is 10.6 Å². The molecule has 1 aliphatic heterocycles. The summed E-state index contributed by atoms with van der Waals surface area (Å²) in [5.41, 5.74) is 0. The van der Waals surface area contributed by atoms with Crippen molar-refractivity contribution < 1.29 is 15.0 Å². The lowest BCUT2D eigenvalue weighted by atomic mass is 10.0.